The first-order chi connectivity index (χ1) is 10.2. The van der Waals surface area contributed by atoms with Gasteiger partial charge in [0.25, 0.3) is 5.91 Å². The van der Waals surface area contributed by atoms with E-state index >= 15 is 0 Å². The van der Waals surface area contributed by atoms with Crippen LogP contribution in [0.2, 0.25) is 0 Å². The first-order valence-electron chi connectivity index (χ1n) is 6.07. The Morgan fingerprint density at radius 3 is 2.55 bits per heavy atom. The first-order valence-corrected chi connectivity index (χ1v) is 7.96. The van der Waals surface area contributed by atoms with Crippen LogP contribution in [0.4, 0.5) is 4.39 Å². The summed E-state index contributed by atoms with van der Waals surface area (Å²) in [6.45, 7) is 1.51. The predicted octanol–water partition coefficient (Wildman–Crippen LogP) is 0.369. The molecule has 0 fully saturated rings. The lowest BCUT2D eigenvalue weighted by Crippen LogP contribution is -2.35. The summed E-state index contributed by atoms with van der Waals surface area (Å²) in [7, 11) is -3.85. The predicted molar refractivity (Wildman–Crippen MR) is 76.8 cm³/mol. The molecular weight excluding hydrogens is 313 g/mol. The van der Waals surface area contributed by atoms with Gasteiger partial charge in [0.1, 0.15) is 11.5 Å². The van der Waals surface area contributed by atoms with Crippen molar-refractivity contribution in [3.8, 4) is 5.69 Å². The third kappa shape index (κ3) is 3.37. The summed E-state index contributed by atoms with van der Waals surface area (Å²) in [6, 6.07) is 6.74. The monoisotopic (exact) mass is 325 g/mol. The summed E-state index contributed by atoms with van der Waals surface area (Å²) in [5.41, 5.74) is -1.06. The van der Waals surface area contributed by atoms with Gasteiger partial charge in [0.15, 0.2) is 5.69 Å². The van der Waals surface area contributed by atoms with Crippen LogP contribution in [0.1, 0.15) is 16.2 Å². The number of rotatable bonds is 3. The Bertz CT molecular complexity index is 906. The summed E-state index contributed by atoms with van der Waals surface area (Å²) in [5, 5.41) is 3.77. The minimum atomic E-state index is -3.85. The molecule has 1 N–H and O–H groups in total. The number of hydrogen-bond donors (Lipinski definition) is 1. The zero-order chi connectivity index (χ0) is 16.5. The molecule has 7 nitrogen and oxygen atoms in total. The van der Waals surface area contributed by atoms with Gasteiger partial charge >= 0.3 is 0 Å². The Kier molecular flexibility index (Phi) is 4.09. The van der Waals surface area contributed by atoms with Crippen LogP contribution >= 0.6 is 0 Å². The number of carbonyl (C=O) groups is 1. The highest BCUT2D eigenvalue weighted by Gasteiger charge is 2.19. The second-order valence-corrected chi connectivity index (χ2v) is 6.31. The Hall–Kier alpha value is -2.55. The lowest BCUT2D eigenvalue weighted by molar-refractivity contribution is 0.0974. The van der Waals surface area contributed by atoms with Crippen molar-refractivity contribution in [2.75, 3.05) is 6.26 Å². The topological polar surface area (TPSA) is 98.1 Å². The van der Waals surface area contributed by atoms with E-state index in [1.165, 1.54) is 25.1 Å². The lowest BCUT2D eigenvalue weighted by atomic mass is 10.2. The number of para-hydroxylation sites is 1. The zero-order valence-corrected chi connectivity index (χ0v) is 12.5. The van der Waals surface area contributed by atoms with Crippen LogP contribution in [0.3, 0.4) is 0 Å². The number of nitrogens with one attached hydrogen (secondary N) is 1. The molecule has 0 spiro atoms. The fourth-order valence-electron chi connectivity index (χ4n) is 1.79. The van der Waals surface area contributed by atoms with Gasteiger partial charge in [-0.05, 0) is 19.1 Å². The molecule has 0 bridgehead atoms. The van der Waals surface area contributed by atoms with E-state index in [1.807, 2.05) is 0 Å². The largest absolute Gasteiger partial charge is 0.289 e. The van der Waals surface area contributed by atoms with E-state index in [0.29, 0.717) is 5.69 Å². The average molecular weight is 325 g/mol. The molecule has 0 saturated carbocycles. The Balaban J connectivity index is 2.60. The van der Waals surface area contributed by atoms with E-state index in [1.54, 1.807) is 10.8 Å². The van der Waals surface area contributed by atoms with Crippen LogP contribution in [-0.2, 0) is 10.0 Å². The maximum absolute atomic E-state index is 13.8. The van der Waals surface area contributed by atoms with Crippen molar-refractivity contribution in [3.05, 3.63) is 57.8 Å². The smallest absolute Gasteiger partial charge is 0.287 e. The molecular formula is C13H12FN3O4S. The maximum Gasteiger partial charge on any atom is 0.289 e. The average Bonchev–Trinajstić information content (AvgIpc) is 2.38. The van der Waals surface area contributed by atoms with E-state index in [9.17, 15) is 22.4 Å². The maximum atomic E-state index is 13.8. The van der Waals surface area contributed by atoms with Gasteiger partial charge in [-0.3, -0.25) is 9.59 Å². The number of amides is 1. The number of sulfonamides is 1. The molecule has 22 heavy (non-hydrogen) atoms. The second kappa shape index (κ2) is 5.68. The quantitative estimate of drug-likeness (QED) is 0.879. The van der Waals surface area contributed by atoms with Crippen molar-refractivity contribution >= 4 is 15.9 Å². The number of benzene rings is 1. The van der Waals surface area contributed by atoms with Gasteiger partial charge in [-0.15, -0.1) is 0 Å². The molecule has 0 radical (unpaired) electrons. The standard InChI is InChI=1S/C13H12FN3O4S/c1-8-7-11(18)12(13(19)16-22(2,20)21)15-17(8)10-6-4-3-5-9(10)14/h3-7H,1-2H3,(H,16,19). The second-order valence-electron chi connectivity index (χ2n) is 4.57. The molecule has 0 aliphatic heterocycles. The Morgan fingerprint density at radius 2 is 1.95 bits per heavy atom. The van der Waals surface area contributed by atoms with Crippen molar-refractivity contribution in [3.63, 3.8) is 0 Å². The summed E-state index contributed by atoms with van der Waals surface area (Å²) >= 11 is 0. The minimum absolute atomic E-state index is 0.0356. The molecule has 1 amide bonds. The van der Waals surface area contributed by atoms with Crippen LogP contribution < -0.4 is 10.2 Å². The number of aromatic nitrogens is 2. The molecule has 116 valence electrons. The highest BCUT2D eigenvalue weighted by Crippen LogP contribution is 2.13. The summed E-state index contributed by atoms with van der Waals surface area (Å²) in [5.74, 6) is -1.77. The molecule has 1 aromatic carbocycles. The first kappa shape index (κ1) is 15.8. The van der Waals surface area contributed by atoms with Crippen LogP contribution in [0.5, 0.6) is 0 Å². The molecule has 0 saturated heterocycles. The zero-order valence-electron chi connectivity index (χ0n) is 11.7. The third-order valence-corrected chi connectivity index (χ3v) is 3.24. The lowest BCUT2D eigenvalue weighted by Gasteiger charge is -2.11. The van der Waals surface area contributed by atoms with Crippen LogP contribution in [-0.4, -0.2) is 30.4 Å². The highest BCUT2D eigenvalue weighted by atomic mass is 32.2. The number of carbonyl (C=O) groups excluding carboxylic acids is 1. The molecule has 2 rings (SSSR count). The van der Waals surface area contributed by atoms with E-state index < -0.39 is 32.9 Å². The molecule has 0 unspecified atom stereocenters. The molecule has 0 aliphatic rings. The number of aryl methyl sites for hydroxylation is 1. The van der Waals surface area contributed by atoms with Crippen molar-refractivity contribution < 1.29 is 17.6 Å². The highest BCUT2D eigenvalue weighted by molar-refractivity contribution is 7.89. The summed E-state index contributed by atoms with van der Waals surface area (Å²) in [4.78, 5) is 23.6. The SMILES string of the molecule is Cc1cc(=O)c(C(=O)NS(C)(=O)=O)nn1-c1ccccc1F. The van der Waals surface area contributed by atoms with Gasteiger partial charge in [0.05, 0.1) is 6.26 Å². The normalized spacial score (nSPS) is 11.2. The van der Waals surface area contributed by atoms with Crippen LogP contribution in [0, 0.1) is 12.7 Å². The summed E-state index contributed by atoms with van der Waals surface area (Å²) in [6.07, 6.45) is 0.772. The van der Waals surface area contributed by atoms with Crippen LogP contribution in [0.25, 0.3) is 5.69 Å². The van der Waals surface area contributed by atoms with Gasteiger partial charge < -0.3 is 0 Å². The number of hydrogen-bond acceptors (Lipinski definition) is 5. The number of nitrogens with zero attached hydrogens (tertiary/aromatic N) is 2. The molecule has 1 aromatic heterocycles. The molecule has 2 aromatic rings. The van der Waals surface area contributed by atoms with E-state index in [2.05, 4.69) is 5.10 Å². The van der Waals surface area contributed by atoms with Gasteiger partial charge in [-0.2, -0.15) is 5.10 Å². The summed E-state index contributed by atoms with van der Waals surface area (Å²) < 4.78 is 38.7. The van der Waals surface area contributed by atoms with Crippen LogP contribution in [0.15, 0.2) is 35.1 Å². The number of halogens is 1. The van der Waals surface area contributed by atoms with Gasteiger partial charge in [-0.1, -0.05) is 12.1 Å². The molecule has 0 atom stereocenters. The van der Waals surface area contributed by atoms with E-state index in [0.717, 1.165) is 17.0 Å². The minimum Gasteiger partial charge on any atom is -0.287 e. The molecule has 0 aliphatic carbocycles. The third-order valence-electron chi connectivity index (χ3n) is 2.68. The van der Waals surface area contributed by atoms with Gasteiger partial charge in [-0.25, -0.2) is 22.2 Å². The molecule has 1 heterocycles. The Labute approximate surface area is 125 Å². The van der Waals surface area contributed by atoms with Gasteiger partial charge in [0, 0.05) is 11.8 Å². The van der Waals surface area contributed by atoms with Crippen molar-refractivity contribution in [1.82, 2.24) is 14.5 Å². The van der Waals surface area contributed by atoms with Crippen molar-refractivity contribution in [2.45, 2.75) is 6.92 Å². The van der Waals surface area contributed by atoms with E-state index in [-0.39, 0.29) is 5.69 Å². The van der Waals surface area contributed by atoms with Gasteiger partial charge in [0.2, 0.25) is 15.5 Å². The Morgan fingerprint density at radius 1 is 1.32 bits per heavy atom. The van der Waals surface area contributed by atoms with Crippen molar-refractivity contribution in [1.29, 1.82) is 0 Å². The fraction of sp³-hybridized carbons (Fsp3) is 0.154. The molecule has 9 heteroatoms. The van der Waals surface area contributed by atoms with E-state index in [4.69, 9.17) is 0 Å². The fourth-order valence-corrected chi connectivity index (χ4v) is 2.22. The van der Waals surface area contributed by atoms with Crippen molar-refractivity contribution in [2.24, 2.45) is 0 Å².